The Balaban J connectivity index is 2.58. The van der Waals surface area contributed by atoms with Crippen LogP contribution in [0.15, 0.2) is 22.7 Å². The van der Waals surface area contributed by atoms with Crippen LogP contribution in [0.2, 0.25) is 0 Å². The Kier molecular flexibility index (Phi) is 5.44. The summed E-state index contributed by atoms with van der Waals surface area (Å²) in [6.07, 6.45) is 1.08. The number of hydrogen-bond donors (Lipinski definition) is 3. The van der Waals surface area contributed by atoms with Crippen LogP contribution in [0.3, 0.4) is 0 Å². The lowest BCUT2D eigenvalue weighted by atomic mass is 10.1. The van der Waals surface area contributed by atoms with E-state index in [1.54, 1.807) is 18.2 Å². The third-order valence-electron chi connectivity index (χ3n) is 2.30. The number of carbonyl (C=O) groups excluding carboxylic acids is 1. The summed E-state index contributed by atoms with van der Waals surface area (Å²) < 4.78 is 0.761. The van der Waals surface area contributed by atoms with Crippen LogP contribution in [0.25, 0.3) is 0 Å². The molecule has 0 aromatic heterocycles. The standard InChI is InChI=1S/C12H17BrN2O2/c1-2-3-11(16)7-15-12(17)8-4-9(13)6-10(14)5-8/h4-6,11,16H,2-3,7,14H2,1H3,(H,15,17). The fraction of sp³-hybridized carbons (Fsp3) is 0.417. The molecule has 1 aromatic rings. The first kappa shape index (κ1) is 14.0. The van der Waals surface area contributed by atoms with Gasteiger partial charge in [0.05, 0.1) is 6.10 Å². The molecule has 0 spiro atoms. The van der Waals surface area contributed by atoms with Gasteiger partial charge in [-0.05, 0) is 24.6 Å². The Bertz CT molecular complexity index is 376. The van der Waals surface area contributed by atoms with Gasteiger partial charge in [0.2, 0.25) is 0 Å². The number of halogens is 1. The summed E-state index contributed by atoms with van der Waals surface area (Å²) in [5, 5.41) is 12.2. The molecule has 1 aromatic carbocycles. The van der Waals surface area contributed by atoms with E-state index in [4.69, 9.17) is 5.73 Å². The lowest BCUT2D eigenvalue weighted by Gasteiger charge is -2.11. The van der Waals surface area contributed by atoms with E-state index in [0.29, 0.717) is 17.7 Å². The first-order valence-electron chi connectivity index (χ1n) is 5.55. The summed E-state index contributed by atoms with van der Waals surface area (Å²) in [6.45, 7) is 2.25. The number of aliphatic hydroxyl groups is 1. The Morgan fingerprint density at radius 3 is 2.82 bits per heavy atom. The molecule has 0 aliphatic carbocycles. The molecule has 0 heterocycles. The number of hydrogen-bond acceptors (Lipinski definition) is 3. The van der Waals surface area contributed by atoms with Gasteiger partial charge in [-0.1, -0.05) is 29.3 Å². The van der Waals surface area contributed by atoms with Crippen molar-refractivity contribution in [1.82, 2.24) is 5.32 Å². The summed E-state index contributed by atoms with van der Waals surface area (Å²) in [5.41, 5.74) is 6.65. The highest BCUT2D eigenvalue weighted by atomic mass is 79.9. The monoisotopic (exact) mass is 300 g/mol. The van der Waals surface area contributed by atoms with Crippen LogP contribution in [0.5, 0.6) is 0 Å². The van der Waals surface area contributed by atoms with Crippen molar-refractivity contribution in [2.75, 3.05) is 12.3 Å². The summed E-state index contributed by atoms with van der Waals surface area (Å²) in [6, 6.07) is 5.02. The third kappa shape index (κ3) is 4.75. The minimum atomic E-state index is -0.492. The van der Waals surface area contributed by atoms with Crippen LogP contribution in [0, 0.1) is 0 Å². The molecule has 4 nitrogen and oxygen atoms in total. The highest BCUT2D eigenvalue weighted by molar-refractivity contribution is 9.10. The number of nitrogen functional groups attached to an aromatic ring is 1. The quantitative estimate of drug-likeness (QED) is 0.727. The second-order valence-electron chi connectivity index (χ2n) is 3.93. The van der Waals surface area contributed by atoms with Crippen molar-refractivity contribution in [2.45, 2.75) is 25.9 Å². The van der Waals surface area contributed by atoms with E-state index in [2.05, 4.69) is 21.2 Å². The van der Waals surface area contributed by atoms with E-state index in [0.717, 1.165) is 10.9 Å². The number of nitrogens with one attached hydrogen (secondary N) is 1. The molecular formula is C12H17BrN2O2. The maximum absolute atomic E-state index is 11.8. The van der Waals surface area contributed by atoms with Gasteiger partial charge >= 0.3 is 0 Å². The number of anilines is 1. The van der Waals surface area contributed by atoms with Crippen LogP contribution >= 0.6 is 15.9 Å². The molecule has 4 N–H and O–H groups in total. The molecule has 0 saturated carbocycles. The van der Waals surface area contributed by atoms with Crippen LogP contribution in [-0.4, -0.2) is 23.7 Å². The topological polar surface area (TPSA) is 75.3 Å². The van der Waals surface area contributed by atoms with E-state index in [1.807, 2.05) is 6.92 Å². The molecule has 1 atom stereocenters. The zero-order chi connectivity index (χ0) is 12.8. The minimum Gasteiger partial charge on any atom is -0.399 e. The lowest BCUT2D eigenvalue weighted by Crippen LogP contribution is -2.32. The maximum atomic E-state index is 11.8. The maximum Gasteiger partial charge on any atom is 0.251 e. The number of nitrogens with two attached hydrogens (primary N) is 1. The minimum absolute atomic E-state index is 0.229. The summed E-state index contributed by atoms with van der Waals surface area (Å²) >= 11 is 3.28. The van der Waals surface area contributed by atoms with Gasteiger partial charge in [-0.25, -0.2) is 0 Å². The van der Waals surface area contributed by atoms with Crippen LogP contribution in [0.1, 0.15) is 30.1 Å². The largest absolute Gasteiger partial charge is 0.399 e. The number of carbonyl (C=O) groups is 1. The zero-order valence-corrected chi connectivity index (χ0v) is 11.3. The average molecular weight is 301 g/mol. The number of aliphatic hydroxyl groups excluding tert-OH is 1. The molecule has 0 bridgehead atoms. The van der Waals surface area contributed by atoms with E-state index in [9.17, 15) is 9.90 Å². The molecule has 0 aliphatic heterocycles. The van der Waals surface area contributed by atoms with Gasteiger partial charge in [0.15, 0.2) is 0 Å². The Labute approximate surface area is 109 Å². The molecule has 0 fully saturated rings. The van der Waals surface area contributed by atoms with Crippen molar-refractivity contribution in [1.29, 1.82) is 0 Å². The van der Waals surface area contributed by atoms with Gasteiger partial charge in [0.25, 0.3) is 5.91 Å². The molecule has 0 aliphatic rings. The van der Waals surface area contributed by atoms with E-state index < -0.39 is 6.10 Å². The lowest BCUT2D eigenvalue weighted by molar-refractivity contribution is 0.0910. The molecule has 1 amide bonds. The molecule has 0 radical (unpaired) electrons. The predicted molar refractivity (Wildman–Crippen MR) is 71.8 cm³/mol. The van der Waals surface area contributed by atoms with Crippen LogP contribution in [-0.2, 0) is 0 Å². The Hall–Kier alpha value is -1.07. The summed E-state index contributed by atoms with van der Waals surface area (Å²) in [7, 11) is 0. The molecule has 17 heavy (non-hydrogen) atoms. The molecule has 0 saturated heterocycles. The van der Waals surface area contributed by atoms with E-state index >= 15 is 0 Å². The third-order valence-corrected chi connectivity index (χ3v) is 2.76. The predicted octanol–water partition coefficient (Wildman–Crippen LogP) is 1.92. The smallest absolute Gasteiger partial charge is 0.251 e. The van der Waals surface area contributed by atoms with Crippen molar-refractivity contribution >= 4 is 27.5 Å². The molecule has 94 valence electrons. The van der Waals surface area contributed by atoms with Crippen molar-refractivity contribution in [3.63, 3.8) is 0 Å². The SMILES string of the molecule is CCCC(O)CNC(=O)c1cc(N)cc(Br)c1. The van der Waals surface area contributed by atoms with Crippen LogP contribution < -0.4 is 11.1 Å². The fourth-order valence-corrected chi connectivity index (χ4v) is 2.00. The Morgan fingerprint density at radius 2 is 2.24 bits per heavy atom. The van der Waals surface area contributed by atoms with Crippen LogP contribution in [0.4, 0.5) is 5.69 Å². The van der Waals surface area contributed by atoms with E-state index in [-0.39, 0.29) is 12.5 Å². The average Bonchev–Trinajstić information content (AvgIpc) is 2.25. The fourth-order valence-electron chi connectivity index (χ4n) is 1.49. The van der Waals surface area contributed by atoms with E-state index in [1.165, 1.54) is 0 Å². The second kappa shape index (κ2) is 6.61. The normalized spacial score (nSPS) is 12.2. The Morgan fingerprint density at radius 1 is 1.53 bits per heavy atom. The molecule has 1 unspecified atom stereocenters. The number of amides is 1. The zero-order valence-electron chi connectivity index (χ0n) is 9.74. The van der Waals surface area contributed by atoms with Crippen molar-refractivity contribution < 1.29 is 9.90 Å². The van der Waals surface area contributed by atoms with Gasteiger partial charge in [-0.2, -0.15) is 0 Å². The first-order valence-corrected chi connectivity index (χ1v) is 6.34. The number of benzene rings is 1. The summed E-state index contributed by atoms with van der Waals surface area (Å²) in [5.74, 6) is -0.229. The first-order chi connectivity index (χ1) is 8.02. The van der Waals surface area contributed by atoms with Gasteiger partial charge in [-0.15, -0.1) is 0 Å². The molecular weight excluding hydrogens is 284 g/mol. The van der Waals surface area contributed by atoms with Gasteiger partial charge in [-0.3, -0.25) is 4.79 Å². The van der Waals surface area contributed by atoms with Crippen molar-refractivity contribution in [3.05, 3.63) is 28.2 Å². The van der Waals surface area contributed by atoms with Crippen molar-refractivity contribution in [3.8, 4) is 0 Å². The molecule has 1 rings (SSSR count). The van der Waals surface area contributed by atoms with Gasteiger partial charge in [0.1, 0.15) is 0 Å². The van der Waals surface area contributed by atoms with Gasteiger partial charge < -0.3 is 16.2 Å². The van der Waals surface area contributed by atoms with Crippen molar-refractivity contribution in [2.24, 2.45) is 0 Å². The second-order valence-corrected chi connectivity index (χ2v) is 4.84. The van der Waals surface area contributed by atoms with Gasteiger partial charge in [0, 0.05) is 22.3 Å². The molecule has 5 heteroatoms. The summed E-state index contributed by atoms with van der Waals surface area (Å²) in [4.78, 5) is 11.8. The highest BCUT2D eigenvalue weighted by Gasteiger charge is 2.09. The number of rotatable bonds is 5. The highest BCUT2D eigenvalue weighted by Crippen LogP contribution is 2.17.